The number of hydrogen-bond acceptors (Lipinski definition) is 1. The molecule has 106 valence electrons. The first kappa shape index (κ1) is 14.4. The van der Waals surface area contributed by atoms with Gasteiger partial charge in [0, 0.05) is 17.9 Å². The Morgan fingerprint density at radius 2 is 1.95 bits per heavy atom. The van der Waals surface area contributed by atoms with Crippen molar-refractivity contribution in [1.29, 1.82) is 0 Å². The van der Waals surface area contributed by atoms with Gasteiger partial charge in [-0.15, -0.1) is 0 Å². The first-order valence-electron chi connectivity index (χ1n) is 7.11. The van der Waals surface area contributed by atoms with Crippen LogP contribution in [0.2, 0.25) is 0 Å². The van der Waals surface area contributed by atoms with Gasteiger partial charge in [0.05, 0.1) is 6.42 Å². The fourth-order valence-corrected chi connectivity index (χ4v) is 2.37. The van der Waals surface area contributed by atoms with E-state index in [9.17, 15) is 4.79 Å². The summed E-state index contributed by atoms with van der Waals surface area (Å²) < 4.78 is 0. The van der Waals surface area contributed by atoms with Gasteiger partial charge in [0.2, 0.25) is 5.91 Å². The third-order valence-electron chi connectivity index (χ3n) is 3.42. The number of aromatic nitrogens is 1. The Labute approximate surface area is 120 Å². The number of aryl methyl sites for hydroxylation is 3. The highest BCUT2D eigenvalue weighted by molar-refractivity contribution is 5.78. The molecule has 1 amide bonds. The average Bonchev–Trinajstić information content (AvgIpc) is 2.74. The largest absolute Gasteiger partial charge is 0.362 e. The Bertz CT molecular complexity index is 558. The molecule has 0 atom stereocenters. The summed E-state index contributed by atoms with van der Waals surface area (Å²) in [6.07, 6.45) is 2.44. The van der Waals surface area contributed by atoms with E-state index in [1.807, 2.05) is 38.1 Å². The highest BCUT2D eigenvalue weighted by Gasteiger charge is 2.07. The maximum atomic E-state index is 11.9. The molecule has 0 saturated carbocycles. The lowest BCUT2D eigenvalue weighted by Crippen LogP contribution is -2.26. The van der Waals surface area contributed by atoms with Gasteiger partial charge in [-0.3, -0.25) is 4.79 Å². The van der Waals surface area contributed by atoms with Gasteiger partial charge < -0.3 is 10.3 Å². The van der Waals surface area contributed by atoms with Crippen molar-refractivity contribution < 1.29 is 4.79 Å². The van der Waals surface area contributed by atoms with Crippen LogP contribution in [0.5, 0.6) is 0 Å². The molecule has 0 unspecified atom stereocenters. The second kappa shape index (κ2) is 6.94. The molecule has 0 radical (unpaired) electrons. The number of rotatable bonds is 6. The Hall–Kier alpha value is -2.03. The standard InChI is InChI=1S/C17H22N2O/c1-13-11-16(14(2)19-13)12-17(20)18-10-6-9-15-7-4-3-5-8-15/h3-5,7-8,11,19H,6,9-10,12H2,1-2H3,(H,18,20). The Morgan fingerprint density at radius 1 is 1.20 bits per heavy atom. The van der Waals surface area contributed by atoms with Crippen molar-refractivity contribution in [3.8, 4) is 0 Å². The summed E-state index contributed by atoms with van der Waals surface area (Å²) in [4.78, 5) is 15.1. The van der Waals surface area contributed by atoms with Crippen LogP contribution in [-0.4, -0.2) is 17.4 Å². The second-order valence-electron chi connectivity index (χ2n) is 5.22. The molecule has 2 aromatic rings. The lowest BCUT2D eigenvalue weighted by Gasteiger charge is -2.05. The molecule has 3 heteroatoms. The third-order valence-corrected chi connectivity index (χ3v) is 3.42. The lowest BCUT2D eigenvalue weighted by atomic mass is 10.1. The molecule has 0 spiro atoms. The molecule has 0 aliphatic carbocycles. The molecule has 20 heavy (non-hydrogen) atoms. The van der Waals surface area contributed by atoms with Gasteiger partial charge in [-0.2, -0.15) is 0 Å². The fourth-order valence-electron chi connectivity index (χ4n) is 2.37. The number of benzene rings is 1. The van der Waals surface area contributed by atoms with Gasteiger partial charge >= 0.3 is 0 Å². The quantitative estimate of drug-likeness (QED) is 0.779. The zero-order valence-corrected chi connectivity index (χ0v) is 12.2. The number of nitrogens with one attached hydrogen (secondary N) is 2. The van der Waals surface area contributed by atoms with Gasteiger partial charge in [0.1, 0.15) is 0 Å². The molecule has 0 aliphatic heterocycles. The minimum Gasteiger partial charge on any atom is -0.362 e. The summed E-state index contributed by atoms with van der Waals surface area (Å²) >= 11 is 0. The predicted octanol–water partition coefficient (Wildman–Crippen LogP) is 2.92. The highest BCUT2D eigenvalue weighted by atomic mass is 16.1. The second-order valence-corrected chi connectivity index (χ2v) is 5.22. The van der Waals surface area contributed by atoms with E-state index in [-0.39, 0.29) is 5.91 Å². The molecule has 0 fully saturated rings. The van der Waals surface area contributed by atoms with Crippen LogP contribution >= 0.6 is 0 Å². The summed E-state index contributed by atoms with van der Waals surface area (Å²) in [5.41, 5.74) is 4.60. The molecule has 1 aromatic carbocycles. The third kappa shape index (κ3) is 4.26. The summed E-state index contributed by atoms with van der Waals surface area (Å²) in [5.74, 6) is 0.0974. The van der Waals surface area contributed by atoms with E-state index >= 15 is 0 Å². The fraction of sp³-hybridized carbons (Fsp3) is 0.353. The number of hydrogen-bond donors (Lipinski definition) is 2. The van der Waals surface area contributed by atoms with Gasteiger partial charge in [-0.1, -0.05) is 30.3 Å². The van der Waals surface area contributed by atoms with Crippen molar-refractivity contribution in [2.24, 2.45) is 0 Å². The lowest BCUT2D eigenvalue weighted by molar-refractivity contribution is -0.120. The minimum absolute atomic E-state index is 0.0974. The molecule has 3 nitrogen and oxygen atoms in total. The smallest absolute Gasteiger partial charge is 0.224 e. The normalized spacial score (nSPS) is 10.5. The summed E-state index contributed by atoms with van der Waals surface area (Å²) in [7, 11) is 0. The van der Waals surface area contributed by atoms with Crippen molar-refractivity contribution in [2.75, 3.05) is 6.54 Å². The van der Waals surface area contributed by atoms with Crippen LogP contribution in [0.3, 0.4) is 0 Å². The number of aromatic amines is 1. The maximum absolute atomic E-state index is 11.9. The molecule has 1 aromatic heterocycles. The number of amides is 1. The molecule has 0 aliphatic rings. The zero-order chi connectivity index (χ0) is 14.4. The van der Waals surface area contributed by atoms with E-state index in [4.69, 9.17) is 0 Å². The van der Waals surface area contributed by atoms with Crippen LogP contribution in [-0.2, 0) is 17.6 Å². The van der Waals surface area contributed by atoms with Crippen LogP contribution in [0.1, 0.15) is 28.9 Å². The van der Waals surface area contributed by atoms with Crippen molar-refractivity contribution >= 4 is 5.91 Å². The van der Waals surface area contributed by atoms with Crippen molar-refractivity contribution in [1.82, 2.24) is 10.3 Å². The topological polar surface area (TPSA) is 44.9 Å². The summed E-state index contributed by atoms with van der Waals surface area (Å²) in [6.45, 7) is 4.75. The molecule has 0 saturated heterocycles. The van der Waals surface area contributed by atoms with Gasteiger partial charge in [0.25, 0.3) is 0 Å². The van der Waals surface area contributed by atoms with Crippen molar-refractivity contribution in [3.05, 3.63) is 58.9 Å². The van der Waals surface area contributed by atoms with Crippen LogP contribution in [0.15, 0.2) is 36.4 Å². The van der Waals surface area contributed by atoms with Gasteiger partial charge in [0.15, 0.2) is 0 Å². The molecule has 0 bridgehead atoms. The number of carbonyl (C=O) groups is 1. The van der Waals surface area contributed by atoms with E-state index in [0.29, 0.717) is 6.42 Å². The first-order chi connectivity index (χ1) is 9.65. The van der Waals surface area contributed by atoms with Crippen LogP contribution in [0.25, 0.3) is 0 Å². The molecular formula is C17H22N2O. The van der Waals surface area contributed by atoms with Crippen LogP contribution in [0, 0.1) is 13.8 Å². The summed E-state index contributed by atoms with van der Waals surface area (Å²) in [6, 6.07) is 12.4. The van der Waals surface area contributed by atoms with Crippen LogP contribution < -0.4 is 5.32 Å². The monoisotopic (exact) mass is 270 g/mol. The van der Waals surface area contributed by atoms with Crippen LogP contribution in [0.4, 0.5) is 0 Å². The number of H-pyrrole nitrogens is 1. The van der Waals surface area contributed by atoms with E-state index in [1.165, 1.54) is 5.56 Å². The molecule has 2 rings (SSSR count). The van der Waals surface area contributed by atoms with Crippen molar-refractivity contribution in [2.45, 2.75) is 33.1 Å². The Kier molecular flexibility index (Phi) is 4.99. The summed E-state index contributed by atoms with van der Waals surface area (Å²) in [5, 5.41) is 2.99. The van der Waals surface area contributed by atoms with Gasteiger partial charge in [-0.25, -0.2) is 0 Å². The van der Waals surface area contributed by atoms with E-state index < -0.39 is 0 Å². The van der Waals surface area contributed by atoms with E-state index in [2.05, 4.69) is 22.4 Å². The first-order valence-corrected chi connectivity index (χ1v) is 7.11. The minimum atomic E-state index is 0.0974. The molecule has 2 N–H and O–H groups in total. The predicted molar refractivity (Wildman–Crippen MR) is 81.7 cm³/mol. The molecule has 1 heterocycles. The Morgan fingerprint density at radius 3 is 2.60 bits per heavy atom. The Balaban J connectivity index is 1.69. The maximum Gasteiger partial charge on any atom is 0.224 e. The zero-order valence-electron chi connectivity index (χ0n) is 12.2. The SMILES string of the molecule is Cc1cc(CC(=O)NCCCc2ccccc2)c(C)[nH]1. The molecular weight excluding hydrogens is 248 g/mol. The van der Waals surface area contributed by atoms with Crippen molar-refractivity contribution in [3.63, 3.8) is 0 Å². The van der Waals surface area contributed by atoms with Gasteiger partial charge in [-0.05, 0) is 43.9 Å². The highest BCUT2D eigenvalue weighted by Crippen LogP contribution is 2.09. The average molecular weight is 270 g/mol. The van der Waals surface area contributed by atoms with E-state index in [0.717, 1.165) is 36.3 Å². The van der Waals surface area contributed by atoms with E-state index in [1.54, 1.807) is 0 Å². The number of carbonyl (C=O) groups excluding carboxylic acids is 1.